The van der Waals surface area contributed by atoms with Crippen molar-refractivity contribution in [2.24, 2.45) is 17.8 Å². The Morgan fingerprint density at radius 1 is 1.04 bits per heavy atom. The lowest BCUT2D eigenvalue weighted by atomic mass is 9.92. The van der Waals surface area contributed by atoms with Crippen LogP contribution in [0.15, 0.2) is 36.9 Å². The van der Waals surface area contributed by atoms with Gasteiger partial charge in [-0.3, -0.25) is 9.97 Å². The predicted octanol–water partition coefficient (Wildman–Crippen LogP) is 3.98. The third-order valence-electron chi connectivity index (χ3n) is 10.0. The van der Waals surface area contributed by atoms with Crippen molar-refractivity contribution in [2.75, 3.05) is 55.7 Å². The van der Waals surface area contributed by atoms with E-state index in [-0.39, 0.29) is 12.1 Å². The molecular formula is C33H43N9O3. The van der Waals surface area contributed by atoms with E-state index in [0.717, 1.165) is 80.3 Å². The van der Waals surface area contributed by atoms with E-state index in [1.54, 1.807) is 6.20 Å². The number of carbonyl (C=O) groups is 1. The van der Waals surface area contributed by atoms with Gasteiger partial charge in [0.2, 0.25) is 0 Å². The Kier molecular flexibility index (Phi) is 6.96. The van der Waals surface area contributed by atoms with E-state index in [4.69, 9.17) is 19.4 Å². The SMILES string of the molecule is CC(C)(C)OC(=O)N(CC1CC1)[C@@H]1CCCN(c2ccc(C3(n4cc(-c5cncc(N6CC7CC7C6)n5)nn4)COC3)nc2)C1. The van der Waals surface area contributed by atoms with Gasteiger partial charge in [-0.1, -0.05) is 5.21 Å². The Morgan fingerprint density at radius 3 is 2.56 bits per heavy atom. The van der Waals surface area contributed by atoms with E-state index in [2.05, 4.69) is 37.2 Å². The number of carbonyl (C=O) groups excluding carboxylic acids is 1. The first-order chi connectivity index (χ1) is 21.7. The molecule has 2 unspecified atom stereocenters. The van der Waals surface area contributed by atoms with E-state index in [1.165, 1.54) is 19.3 Å². The van der Waals surface area contributed by atoms with E-state index in [9.17, 15) is 4.79 Å². The topological polar surface area (TPSA) is 115 Å². The van der Waals surface area contributed by atoms with Crippen molar-refractivity contribution in [2.45, 2.75) is 70.1 Å². The summed E-state index contributed by atoms with van der Waals surface area (Å²) in [5.74, 6) is 3.15. The largest absolute Gasteiger partial charge is 0.444 e. The lowest BCUT2D eigenvalue weighted by Crippen LogP contribution is -2.53. The van der Waals surface area contributed by atoms with E-state index >= 15 is 0 Å². The highest BCUT2D eigenvalue weighted by atomic mass is 16.6. The van der Waals surface area contributed by atoms with Crippen LogP contribution in [0.25, 0.3) is 11.4 Å². The first kappa shape index (κ1) is 28.7. The van der Waals surface area contributed by atoms with Gasteiger partial charge in [0.1, 0.15) is 22.8 Å². The van der Waals surface area contributed by atoms with Gasteiger partial charge in [0, 0.05) is 32.7 Å². The van der Waals surface area contributed by atoms with Gasteiger partial charge < -0.3 is 24.2 Å². The summed E-state index contributed by atoms with van der Waals surface area (Å²) in [6, 6.07) is 4.33. The average Bonchev–Trinajstić information content (AvgIpc) is 3.89. The zero-order chi connectivity index (χ0) is 30.8. The minimum Gasteiger partial charge on any atom is -0.444 e. The lowest BCUT2D eigenvalue weighted by molar-refractivity contribution is -0.0851. The number of hydrogen-bond acceptors (Lipinski definition) is 10. The second-order valence-corrected chi connectivity index (χ2v) is 14.7. The summed E-state index contributed by atoms with van der Waals surface area (Å²) >= 11 is 0. The normalized spacial score (nSPS) is 25.4. The molecule has 5 fully saturated rings. The standard InChI is InChI=1S/C33H43N9O3/c1-32(2,3)45-31(43)41(15-22-6-7-22)26-5-4-10-39(18-26)25-8-9-29(35-12-25)33(20-44-21-33)42-19-28(37-38-42)27-13-34-14-30(36-27)40-16-23-11-24(23)17-40/h8-9,12-14,19,22-24,26H,4-7,10-11,15-18,20-21H2,1-3H3/t23?,24?,26-/m1/s1. The predicted molar refractivity (Wildman–Crippen MR) is 168 cm³/mol. The van der Waals surface area contributed by atoms with Crippen molar-refractivity contribution in [1.82, 2.24) is 34.8 Å². The molecule has 2 saturated carbocycles. The van der Waals surface area contributed by atoms with Crippen LogP contribution >= 0.6 is 0 Å². The molecule has 12 heteroatoms. The monoisotopic (exact) mass is 613 g/mol. The molecule has 6 heterocycles. The number of hydrogen-bond donors (Lipinski definition) is 0. The average molecular weight is 614 g/mol. The summed E-state index contributed by atoms with van der Waals surface area (Å²) in [5.41, 5.74) is 2.33. The van der Waals surface area contributed by atoms with Crippen molar-refractivity contribution in [3.63, 3.8) is 0 Å². The number of fused-ring (bicyclic) bond motifs is 1. The maximum Gasteiger partial charge on any atom is 0.410 e. The summed E-state index contributed by atoms with van der Waals surface area (Å²) in [6.07, 6.45) is 13.0. The molecule has 3 atom stereocenters. The van der Waals surface area contributed by atoms with Crippen LogP contribution in [-0.4, -0.2) is 98.5 Å². The number of amides is 1. The number of pyridine rings is 1. The highest BCUT2D eigenvalue weighted by Crippen LogP contribution is 2.46. The van der Waals surface area contributed by atoms with Gasteiger partial charge >= 0.3 is 6.09 Å². The number of anilines is 2. The molecule has 12 nitrogen and oxygen atoms in total. The van der Waals surface area contributed by atoms with Gasteiger partial charge in [0.05, 0.1) is 55.4 Å². The molecule has 0 spiro atoms. The first-order valence-corrected chi connectivity index (χ1v) is 16.5. The highest BCUT2D eigenvalue weighted by Gasteiger charge is 2.46. The summed E-state index contributed by atoms with van der Waals surface area (Å²) in [7, 11) is 0. The van der Waals surface area contributed by atoms with Crippen molar-refractivity contribution in [3.05, 3.63) is 42.6 Å². The Hall–Kier alpha value is -3.80. The smallest absolute Gasteiger partial charge is 0.410 e. The van der Waals surface area contributed by atoms with Crippen LogP contribution in [0.5, 0.6) is 0 Å². The second kappa shape index (κ2) is 10.9. The van der Waals surface area contributed by atoms with Gasteiger partial charge in [-0.25, -0.2) is 14.5 Å². The number of aromatic nitrogens is 6. The second-order valence-electron chi connectivity index (χ2n) is 14.7. The van der Waals surface area contributed by atoms with Crippen LogP contribution < -0.4 is 9.80 Å². The molecule has 0 bridgehead atoms. The van der Waals surface area contributed by atoms with Crippen LogP contribution in [0.1, 0.15) is 58.6 Å². The van der Waals surface area contributed by atoms with Gasteiger partial charge in [-0.2, -0.15) is 0 Å². The van der Waals surface area contributed by atoms with E-state index in [1.807, 2.05) is 48.9 Å². The summed E-state index contributed by atoms with van der Waals surface area (Å²) in [4.78, 5) is 34.2. The fourth-order valence-corrected chi connectivity index (χ4v) is 7.06. The number of ether oxygens (including phenoxy) is 2. The van der Waals surface area contributed by atoms with Gasteiger partial charge in [-0.15, -0.1) is 5.10 Å². The van der Waals surface area contributed by atoms with Crippen LogP contribution in [0.3, 0.4) is 0 Å². The number of nitrogens with zero attached hydrogens (tertiary/aromatic N) is 9. The number of rotatable bonds is 8. The fraction of sp³-hybridized carbons (Fsp3) is 0.636. The molecule has 3 saturated heterocycles. The maximum atomic E-state index is 13.2. The Morgan fingerprint density at radius 2 is 1.87 bits per heavy atom. The molecule has 0 radical (unpaired) electrons. The van der Waals surface area contributed by atoms with Crippen LogP contribution in [-0.2, 0) is 15.0 Å². The molecule has 3 aliphatic heterocycles. The van der Waals surface area contributed by atoms with E-state index < -0.39 is 11.1 Å². The fourth-order valence-electron chi connectivity index (χ4n) is 7.06. The molecule has 3 aromatic rings. The molecule has 1 amide bonds. The molecule has 0 N–H and O–H groups in total. The van der Waals surface area contributed by atoms with Gasteiger partial charge in [0.25, 0.3) is 0 Å². The van der Waals surface area contributed by atoms with Crippen molar-refractivity contribution in [3.8, 4) is 11.4 Å². The lowest BCUT2D eigenvalue weighted by Gasteiger charge is -2.42. The minimum absolute atomic E-state index is 0.117. The van der Waals surface area contributed by atoms with Crippen molar-refractivity contribution in [1.29, 1.82) is 0 Å². The van der Waals surface area contributed by atoms with Crippen LogP contribution in [0.2, 0.25) is 0 Å². The van der Waals surface area contributed by atoms with Crippen LogP contribution in [0, 0.1) is 17.8 Å². The summed E-state index contributed by atoms with van der Waals surface area (Å²) in [6.45, 7) is 11.4. The Bertz CT molecular complexity index is 1540. The van der Waals surface area contributed by atoms with Gasteiger partial charge in [0.15, 0.2) is 5.54 Å². The molecule has 238 valence electrons. The third-order valence-corrected chi connectivity index (χ3v) is 10.0. The van der Waals surface area contributed by atoms with E-state index in [0.29, 0.717) is 24.8 Å². The summed E-state index contributed by atoms with van der Waals surface area (Å²) < 4.78 is 13.4. The number of piperidine rings is 2. The van der Waals surface area contributed by atoms with Crippen LogP contribution in [0.4, 0.5) is 16.3 Å². The molecule has 2 aliphatic carbocycles. The quantitative estimate of drug-likeness (QED) is 0.370. The molecule has 3 aromatic heterocycles. The molecular weight excluding hydrogens is 570 g/mol. The Balaban J connectivity index is 0.974. The minimum atomic E-state index is -0.521. The molecule has 0 aromatic carbocycles. The molecule has 5 aliphatic rings. The van der Waals surface area contributed by atoms with Gasteiger partial charge in [-0.05, 0) is 82.8 Å². The third kappa shape index (κ3) is 5.73. The Labute approximate surface area is 264 Å². The van der Waals surface area contributed by atoms with Crippen molar-refractivity contribution >= 4 is 17.6 Å². The zero-order valence-corrected chi connectivity index (χ0v) is 26.5. The zero-order valence-electron chi connectivity index (χ0n) is 26.5. The maximum absolute atomic E-state index is 13.2. The highest BCUT2D eigenvalue weighted by molar-refractivity contribution is 5.69. The van der Waals surface area contributed by atoms with Crippen molar-refractivity contribution < 1.29 is 14.3 Å². The molecule has 8 rings (SSSR count). The summed E-state index contributed by atoms with van der Waals surface area (Å²) in [5, 5.41) is 9.01. The first-order valence-electron chi connectivity index (χ1n) is 16.5. The molecule has 45 heavy (non-hydrogen) atoms.